The van der Waals surface area contributed by atoms with Crippen LogP contribution in [0.5, 0.6) is 5.88 Å². The summed E-state index contributed by atoms with van der Waals surface area (Å²) >= 11 is 0. The summed E-state index contributed by atoms with van der Waals surface area (Å²) in [7, 11) is -2.18. The summed E-state index contributed by atoms with van der Waals surface area (Å²) in [6.45, 7) is 3.26. The molecule has 0 aliphatic carbocycles. The van der Waals surface area contributed by atoms with Gasteiger partial charge in [0.05, 0.1) is 7.11 Å². The van der Waals surface area contributed by atoms with Gasteiger partial charge >= 0.3 is 10.2 Å². The normalized spacial score (nSPS) is 17.7. The molecule has 0 spiro atoms. The van der Waals surface area contributed by atoms with Gasteiger partial charge in [0.25, 0.3) is 0 Å². The summed E-state index contributed by atoms with van der Waals surface area (Å²) in [5, 5.41) is 0. The number of nitrogens with zero attached hydrogens (tertiary/aromatic N) is 3. The molecule has 1 aromatic heterocycles. The van der Waals surface area contributed by atoms with Crippen molar-refractivity contribution in [3.63, 3.8) is 0 Å². The highest BCUT2D eigenvalue weighted by Gasteiger charge is 2.28. The Morgan fingerprint density at radius 3 is 2.67 bits per heavy atom. The van der Waals surface area contributed by atoms with Gasteiger partial charge in [-0.2, -0.15) is 17.7 Å². The molecule has 0 aromatic carbocycles. The molecule has 0 saturated carbocycles. The van der Waals surface area contributed by atoms with E-state index in [1.54, 1.807) is 13.0 Å². The van der Waals surface area contributed by atoms with Gasteiger partial charge in [0, 0.05) is 24.8 Å². The average Bonchev–Trinajstić information content (AvgIpc) is 2.46. The summed E-state index contributed by atoms with van der Waals surface area (Å²) < 4.78 is 33.5. The predicted octanol–water partition coefficient (Wildman–Crippen LogP) is 0.121. The number of nitrogens with one attached hydrogen (secondary N) is 1. The van der Waals surface area contributed by atoms with Crippen LogP contribution in [-0.2, 0) is 10.2 Å². The quantitative estimate of drug-likeness (QED) is 0.798. The van der Waals surface area contributed by atoms with E-state index >= 15 is 0 Å². The van der Waals surface area contributed by atoms with Crippen molar-refractivity contribution in [1.29, 1.82) is 0 Å². The summed E-state index contributed by atoms with van der Waals surface area (Å²) in [6, 6.07) is 1.63. The Bertz CT molecular complexity index is 585. The Kier molecular flexibility index (Phi) is 4.96. The third kappa shape index (κ3) is 4.02. The second kappa shape index (κ2) is 6.54. The number of nitrogens with two attached hydrogens (primary N) is 1. The van der Waals surface area contributed by atoms with Crippen molar-refractivity contribution in [2.75, 3.05) is 31.5 Å². The molecular formula is C12H21N5O3S. The zero-order valence-corrected chi connectivity index (χ0v) is 13.1. The molecule has 1 saturated heterocycles. The molecule has 1 aliphatic rings. The first-order valence-corrected chi connectivity index (χ1v) is 8.26. The van der Waals surface area contributed by atoms with Gasteiger partial charge in [-0.1, -0.05) is 0 Å². The van der Waals surface area contributed by atoms with Crippen LogP contribution in [0.15, 0.2) is 6.07 Å². The van der Waals surface area contributed by atoms with E-state index in [2.05, 4.69) is 14.7 Å². The zero-order valence-electron chi connectivity index (χ0n) is 12.2. The molecule has 3 N–H and O–H groups in total. The molecule has 0 bridgehead atoms. The highest BCUT2D eigenvalue weighted by atomic mass is 32.2. The number of hydrogen-bond acceptors (Lipinski definition) is 6. The fourth-order valence-corrected chi connectivity index (χ4v) is 3.40. The van der Waals surface area contributed by atoms with Crippen LogP contribution in [0.3, 0.4) is 0 Å². The molecule has 118 valence electrons. The number of methoxy groups -OCH3 is 1. The van der Waals surface area contributed by atoms with Gasteiger partial charge in [-0.15, -0.1) is 0 Å². The summed E-state index contributed by atoms with van der Waals surface area (Å²) in [5.41, 5.74) is 6.24. The second-order valence-electron chi connectivity index (χ2n) is 5.06. The first kappa shape index (κ1) is 15.9. The lowest BCUT2D eigenvalue weighted by Crippen LogP contribution is -2.43. The third-order valence-electron chi connectivity index (χ3n) is 3.51. The van der Waals surface area contributed by atoms with Crippen LogP contribution in [0.2, 0.25) is 0 Å². The Morgan fingerprint density at radius 2 is 2.10 bits per heavy atom. The summed E-state index contributed by atoms with van der Waals surface area (Å²) in [6.07, 6.45) is 1.55. The van der Waals surface area contributed by atoms with Crippen LogP contribution in [0.4, 0.5) is 5.95 Å². The molecule has 0 atom stereocenters. The molecule has 8 nitrogen and oxygen atoms in total. The van der Waals surface area contributed by atoms with Gasteiger partial charge in [0.2, 0.25) is 11.8 Å². The molecule has 9 heteroatoms. The molecule has 2 heterocycles. The van der Waals surface area contributed by atoms with Crippen LogP contribution in [0.1, 0.15) is 18.5 Å². The lowest BCUT2D eigenvalue weighted by Gasteiger charge is -2.30. The third-order valence-corrected chi connectivity index (χ3v) is 4.99. The first-order chi connectivity index (χ1) is 9.94. The maximum absolute atomic E-state index is 12.3. The Labute approximate surface area is 124 Å². The maximum Gasteiger partial charge on any atom is 0.303 e. The average molecular weight is 315 g/mol. The number of anilines is 1. The van der Waals surface area contributed by atoms with Gasteiger partial charge in [0.15, 0.2) is 0 Å². The number of rotatable bonds is 5. The summed E-state index contributed by atoms with van der Waals surface area (Å²) in [5.74, 6) is 0.738. The van der Waals surface area contributed by atoms with Crippen molar-refractivity contribution in [3.05, 3.63) is 11.8 Å². The fourth-order valence-electron chi connectivity index (χ4n) is 2.26. The summed E-state index contributed by atoms with van der Waals surface area (Å²) in [4.78, 5) is 8.06. The highest BCUT2D eigenvalue weighted by molar-refractivity contribution is 7.90. The monoisotopic (exact) mass is 315 g/mol. The van der Waals surface area contributed by atoms with Crippen molar-refractivity contribution in [1.82, 2.24) is 14.3 Å². The van der Waals surface area contributed by atoms with Gasteiger partial charge < -0.3 is 10.5 Å². The largest absolute Gasteiger partial charge is 0.481 e. The molecule has 0 radical (unpaired) electrons. The van der Waals surface area contributed by atoms with Crippen LogP contribution in [0.25, 0.3) is 0 Å². The fraction of sp³-hybridized carbons (Fsp3) is 0.667. The van der Waals surface area contributed by atoms with Crippen molar-refractivity contribution < 1.29 is 13.2 Å². The van der Waals surface area contributed by atoms with E-state index < -0.39 is 10.2 Å². The zero-order chi connectivity index (χ0) is 15.5. The van der Waals surface area contributed by atoms with Crippen LogP contribution < -0.4 is 15.2 Å². The number of aromatic nitrogens is 2. The van der Waals surface area contributed by atoms with Gasteiger partial charge in [0.1, 0.15) is 0 Å². The number of ether oxygens (including phenoxy) is 1. The topological polar surface area (TPSA) is 110 Å². The SMILES string of the molecule is COc1cc(C)nc(NS(=O)(=O)N2CCC(CN)CC2)n1. The predicted molar refractivity (Wildman–Crippen MR) is 79.2 cm³/mol. The van der Waals surface area contributed by atoms with Gasteiger partial charge in [-0.05, 0) is 32.2 Å². The van der Waals surface area contributed by atoms with E-state index in [0.717, 1.165) is 12.8 Å². The highest BCUT2D eigenvalue weighted by Crippen LogP contribution is 2.20. The lowest BCUT2D eigenvalue weighted by molar-refractivity contribution is 0.279. The van der Waals surface area contributed by atoms with E-state index in [9.17, 15) is 8.42 Å². The molecule has 21 heavy (non-hydrogen) atoms. The van der Waals surface area contributed by atoms with E-state index in [1.165, 1.54) is 11.4 Å². The molecule has 0 unspecified atom stereocenters. The van der Waals surface area contributed by atoms with Crippen LogP contribution in [0, 0.1) is 12.8 Å². The van der Waals surface area contributed by atoms with Crippen molar-refractivity contribution in [2.24, 2.45) is 11.7 Å². The smallest absolute Gasteiger partial charge is 0.303 e. The van der Waals surface area contributed by atoms with E-state index in [0.29, 0.717) is 37.1 Å². The number of hydrogen-bond donors (Lipinski definition) is 2. The van der Waals surface area contributed by atoms with E-state index in [-0.39, 0.29) is 5.95 Å². The maximum atomic E-state index is 12.3. The van der Waals surface area contributed by atoms with E-state index in [4.69, 9.17) is 10.5 Å². The molecule has 1 aromatic rings. The minimum Gasteiger partial charge on any atom is -0.481 e. The minimum absolute atomic E-state index is 0.0211. The van der Waals surface area contributed by atoms with E-state index in [1.807, 2.05) is 0 Å². The molecule has 1 fully saturated rings. The van der Waals surface area contributed by atoms with Gasteiger partial charge in [-0.25, -0.2) is 9.71 Å². The van der Waals surface area contributed by atoms with Crippen LogP contribution >= 0.6 is 0 Å². The van der Waals surface area contributed by atoms with Crippen LogP contribution in [-0.4, -0.2) is 49.4 Å². The molecule has 1 aliphatic heterocycles. The Hall–Kier alpha value is -1.45. The lowest BCUT2D eigenvalue weighted by atomic mass is 9.99. The Morgan fingerprint density at radius 1 is 1.43 bits per heavy atom. The second-order valence-corrected chi connectivity index (χ2v) is 6.73. The molecule has 0 amide bonds. The number of piperidine rings is 1. The number of aryl methyl sites for hydroxylation is 1. The molecule has 2 rings (SSSR count). The Balaban J connectivity index is 2.09. The minimum atomic E-state index is -3.65. The molecular weight excluding hydrogens is 294 g/mol. The van der Waals surface area contributed by atoms with Crippen molar-refractivity contribution in [2.45, 2.75) is 19.8 Å². The van der Waals surface area contributed by atoms with Crippen molar-refractivity contribution in [3.8, 4) is 5.88 Å². The van der Waals surface area contributed by atoms with Crippen molar-refractivity contribution >= 4 is 16.2 Å². The standard InChI is InChI=1S/C12H21N5O3S/c1-9-7-11(20-2)15-12(14-9)16-21(18,19)17-5-3-10(8-13)4-6-17/h7,10H,3-6,8,13H2,1-2H3,(H,14,15,16). The van der Waals surface area contributed by atoms with Gasteiger partial charge in [-0.3, -0.25) is 0 Å². The first-order valence-electron chi connectivity index (χ1n) is 6.82.